The number of hydrogen-bond acceptors (Lipinski definition) is 7. The summed E-state index contributed by atoms with van der Waals surface area (Å²) in [7, 11) is 4.90. The average molecular weight is 502 g/mol. The van der Waals surface area contributed by atoms with Gasteiger partial charge in [0.15, 0.2) is 0 Å². The molecule has 0 unspecified atom stereocenters. The van der Waals surface area contributed by atoms with E-state index in [2.05, 4.69) is 11.0 Å². The van der Waals surface area contributed by atoms with Crippen molar-refractivity contribution in [3.63, 3.8) is 0 Å². The molecule has 37 heavy (non-hydrogen) atoms. The zero-order valence-electron chi connectivity index (χ0n) is 21.4. The van der Waals surface area contributed by atoms with Crippen LogP contribution in [0, 0.1) is 0 Å². The molecule has 5 rings (SSSR count). The highest BCUT2D eigenvalue weighted by molar-refractivity contribution is 5.95. The van der Waals surface area contributed by atoms with Gasteiger partial charge in [0, 0.05) is 29.6 Å². The number of carbonyl (C=O) groups excluding carboxylic acids is 1. The van der Waals surface area contributed by atoms with E-state index in [9.17, 15) is 4.79 Å². The third kappa shape index (κ3) is 5.05. The topological polar surface area (TPSA) is 77.3 Å². The summed E-state index contributed by atoms with van der Waals surface area (Å²) in [6.45, 7) is 2.51. The van der Waals surface area contributed by atoms with Gasteiger partial charge >= 0.3 is 0 Å². The van der Waals surface area contributed by atoms with Gasteiger partial charge in [0.05, 0.1) is 40.7 Å². The summed E-state index contributed by atoms with van der Waals surface area (Å²) in [4.78, 5) is 22.9. The summed E-state index contributed by atoms with van der Waals surface area (Å²) in [6.07, 6.45) is 3.83. The van der Waals surface area contributed by atoms with Crippen molar-refractivity contribution < 1.29 is 23.4 Å². The number of rotatable bonds is 9. The lowest BCUT2D eigenvalue weighted by atomic mass is 10.1. The van der Waals surface area contributed by atoms with Crippen LogP contribution in [-0.2, 0) is 13.1 Å². The van der Waals surface area contributed by atoms with Crippen LogP contribution in [0.15, 0.2) is 65.3 Å². The molecule has 0 spiro atoms. The predicted molar refractivity (Wildman–Crippen MR) is 142 cm³/mol. The van der Waals surface area contributed by atoms with E-state index in [4.69, 9.17) is 23.6 Å². The zero-order chi connectivity index (χ0) is 25.8. The van der Waals surface area contributed by atoms with Crippen molar-refractivity contribution in [2.24, 2.45) is 0 Å². The summed E-state index contributed by atoms with van der Waals surface area (Å²) in [5, 5.41) is 0.842. The average Bonchev–Trinajstić information content (AvgIpc) is 3.66. The number of pyridine rings is 1. The van der Waals surface area contributed by atoms with Gasteiger partial charge in [0.2, 0.25) is 0 Å². The fraction of sp³-hybridized carbons (Fsp3) is 0.310. The van der Waals surface area contributed by atoms with E-state index < -0.39 is 0 Å². The maximum Gasteiger partial charge on any atom is 0.254 e. The van der Waals surface area contributed by atoms with E-state index in [0.29, 0.717) is 41.7 Å². The lowest BCUT2D eigenvalue weighted by molar-refractivity contribution is 0.0718. The van der Waals surface area contributed by atoms with Crippen molar-refractivity contribution in [2.75, 3.05) is 39.3 Å². The Morgan fingerprint density at radius 2 is 1.68 bits per heavy atom. The van der Waals surface area contributed by atoms with Gasteiger partial charge in [-0.25, -0.2) is 4.98 Å². The number of aromatic nitrogens is 1. The van der Waals surface area contributed by atoms with Crippen LogP contribution in [0.5, 0.6) is 17.2 Å². The molecule has 1 saturated heterocycles. The molecule has 8 nitrogen and oxygen atoms in total. The fourth-order valence-electron chi connectivity index (χ4n) is 4.81. The molecule has 0 bridgehead atoms. The van der Waals surface area contributed by atoms with Crippen molar-refractivity contribution in [2.45, 2.75) is 25.9 Å². The molecule has 0 radical (unpaired) electrons. The molecule has 0 aliphatic carbocycles. The Morgan fingerprint density at radius 3 is 2.32 bits per heavy atom. The van der Waals surface area contributed by atoms with Crippen LogP contribution in [0.25, 0.3) is 10.9 Å². The third-order valence-electron chi connectivity index (χ3n) is 6.72. The van der Waals surface area contributed by atoms with Crippen LogP contribution in [0.3, 0.4) is 0 Å². The van der Waals surface area contributed by atoms with Gasteiger partial charge in [0.25, 0.3) is 5.91 Å². The number of ether oxygens (including phenoxy) is 3. The van der Waals surface area contributed by atoms with Crippen LogP contribution >= 0.6 is 0 Å². The molecular formula is C29H31N3O5. The molecule has 4 aromatic rings. The highest BCUT2D eigenvalue weighted by atomic mass is 16.5. The number of hydrogen-bond donors (Lipinski definition) is 0. The van der Waals surface area contributed by atoms with Gasteiger partial charge in [-0.2, -0.15) is 0 Å². The minimum atomic E-state index is -0.107. The molecule has 1 amide bonds. The third-order valence-corrected chi connectivity index (χ3v) is 6.72. The Labute approximate surface area is 216 Å². The van der Waals surface area contributed by atoms with Gasteiger partial charge in [-0.1, -0.05) is 0 Å². The van der Waals surface area contributed by atoms with Crippen LogP contribution < -0.4 is 19.1 Å². The summed E-state index contributed by atoms with van der Waals surface area (Å²) < 4.78 is 22.2. The van der Waals surface area contributed by atoms with E-state index in [1.54, 1.807) is 56.8 Å². The van der Waals surface area contributed by atoms with Gasteiger partial charge in [0.1, 0.15) is 34.3 Å². The van der Waals surface area contributed by atoms with Crippen molar-refractivity contribution in [1.29, 1.82) is 0 Å². The summed E-state index contributed by atoms with van der Waals surface area (Å²) >= 11 is 0. The molecular weight excluding hydrogens is 470 g/mol. The van der Waals surface area contributed by atoms with Crippen molar-refractivity contribution in [3.05, 3.63) is 77.7 Å². The van der Waals surface area contributed by atoms with Crippen LogP contribution in [0.4, 0.5) is 5.82 Å². The minimum Gasteiger partial charge on any atom is -0.497 e. The van der Waals surface area contributed by atoms with E-state index in [1.807, 2.05) is 24.3 Å². The Morgan fingerprint density at radius 1 is 0.946 bits per heavy atom. The van der Waals surface area contributed by atoms with Gasteiger partial charge < -0.3 is 28.4 Å². The Bertz CT molecular complexity index is 1360. The molecule has 2 aromatic carbocycles. The number of amides is 1. The standard InChI is InChI=1S/C29H31N3O5/c1-34-22-10-8-20(9-11-22)29(33)32(19-23-7-6-16-37-23)18-21-17-24-25(35-2)12-13-26(36-3)27(24)30-28(21)31-14-4-5-15-31/h6-13,16-17H,4-5,14-15,18-19H2,1-3H3. The number of methoxy groups -OCH3 is 3. The predicted octanol–water partition coefficient (Wildman–Crippen LogP) is 5.30. The molecule has 2 aromatic heterocycles. The minimum absolute atomic E-state index is 0.107. The number of benzene rings is 2. The number of carbonyl (C=O) groups is 1. The smallest absolute Gasteiger partial charge is 0.254 e. The van der Waals surface area contributed by atoms with Gasteiger partial charge in [-0.15, -0.1) is 0 Å². The number of fused-ring (bicyclic) bond motifs is 1. The first-order valence-electron chi connectivity index (χ1n) is 12.4. The molecule has 1 fully saturated rings. The van der Waals surface area contributed by atoms with Gasteiger partial charge in [-0.3, -0.25) is 4.79 Å². The normalized spacial score (nSPS) is 13.1. The molecule has 3 heterocycles. The number of nitrogens with zero attached hydrogens (tertiary/aromatic N) is 3. The van der Waals surface area contributed by atoms with E-state index in [1.165, 1.54) is 0 Å². The van der Waals surface area contributed by atoms with Crippen molar-refractivity contribution >= 4 is 22.6 Å². The maximum atomic E-state index is 13.8. The summed E-state index contributed by atoms with van der Waals surface area (Å²) in [5.74, 6) is 3.55. The van der Waals surface area contributed by atoms with Crippen LogP contribution in [-0.4, -0.2) is 50.2 Å². The van der Waals surface area contributed by atoms with Gasteiger partial charge in [-0.05, 0) is 67.4 Å². The monoisotopic (exact) mass is 501 g/mol. The summed E-state index contributed by atoms with van der Waals surface area (Å²) in [6, 6.07) is 16.7. The van der Waals surface area contributed by atoms with Crippen molar-refractivity contribution in [3.8, 4) is 17.2 Å². The fourth-order valence-corrected chi connectivity index (χ4v) is 4.81. The van der Waals surface area contributed by atoms with Crippen LogP contribution in [0.2, 0.25) is 0 Å². The first-order valence-corrected chi connectivity index (χ1v) is 12.4. The summed E-state index contributed by atoms with van der Waals surface area (Å²) in [5.41, 5.74) is 2.25. The highest BCUT2D eigenvalue weighted by Gasteiger charge is 2.25. The lowest BCUT2D eigenvalue weighted by Gasteiger charge is -2.27. The molecule has 1 aliphatic heterocycles. The molecule has 8 heteroatoms. The highest BCUT2D eigenvalue weighted by Crippen LogP contribution is 2.37. The second kappa shape index (κ2) is 10.8. The second-order valence-corrected chi connectivity index (χ2v) is 9.00. The Hall–Kier alpha value is -4.20. The molecule has 192 valence electrons. The molecule has 1 aliphatic rings. The zero-order valence-corrected chi connectivity index (χ0v) is 21.4. The largest absolute Gasteiger partial charge is 0.497 e. The number of furan rings is 1. The van der Waals surface area contributed by atoms with Crippen molar-refractivity contribution in [1.82, 2.24) is 9.88 Å². The van der Waals surface area contributed by atoms with E-state index >= 15 is 0 Å². The SMILES string of the molecule is COc1ccc(C(=O)N(Cc2ccco2)Cc2cc3c(OC)ccc(OC)c3nc2N2CCCC2)cc1. The van der Waals surface area contributed by atoms with Crippen LogP contribution in [0.1, 0.15) is 34.5 Å². The lowest BCUT2D eigenvalue weighted by Crippen LogP contribution is -2.31. The Balaban J connectivity index is 1.60. The Kier molecular flexibility index (Phi) is 7.16. The number of anilines is 1. The molecule has 0 atom stereocenters. The quantitative estimate of drug-likeness (QED) is 0.308. The molecule has 0 saturated carbocycles. The second-order valence-electron chi connectivity index (χ2n) is 9.00. The van der Waals surface area contributed by atoms with E-state index in [0.717, 1.165) is 48.2 Å². The first kappa shape index (κ1) is 24.5. The van der Waals surface area contributed by atoms with E-state index in [-0.39, 0.29) is 5.91 Å². The maximum absolute atomic E-state index is 13.8. The first-order chi connectivity index (χ1) is 18.1. The molecule has 0 N–H and O–H groups in total.